The summed E-state index contributed by atoms with van der Waals surface area (Å²) < 4.78 is 11.2. The average molecular weight is 285 g/mol. The predicted molar refractivity (Wildman–Crippen MR) is 83.2 cm³/mol. The zero-order valence-corrected chi connectivity index (χ0v) is 12.3. The molecule has 0 saturated carbocycles. The molecule has 0 aromatic heterocycles. The molecule has 0 atom stereocenters. The highest BCUT2D eigenvalue weighted by atomic mass is 16.5. The van der Waals surface area contributed by atoms with E-state index in [0.29, 0.717) is 29.4 Å². The fourth-order valence-corrected chi connectivity index (χ4v) is 1.86. The van der Waals surface area contributed by atoms with Gasteiger partial charge in [-0.05, 0) is 55.8 Å². The van der Waals surface area contributed by atoms with Crippen LogP contribution in [0, 0.1) is 0 Å². The molecule has 2 N–H and O–H groups in total. The lowest BCUT2D eigenvalue weighted by molar-refractivity contribution is 0.101. The minimum absolute atomic E-state index is 0.0822. The molecule has 2 aromatic rings. The molecule has 0 amide bonds. The summed E-state index contributed by atoms with van der Waals surface area (Å²) in [6.45, 7) is 4.24. The van der Waals surface area contributed by atoms with Gasteiger partial charge in [0.05, 0.1) is 6.61 Å². The van der Waals surface area contributed by atoms with Gasteiger partial charge in [-0.3, -0.25) is 4.79 Å². The summed E-state index contributed by atoms with van der Waals surface area (Å²) in [7, 11) is 0. The van der Waals surface area contributed by atoms with Gasteiger partial charge in [0.2, 0.25) is 0 Å². The summed E-state index contributed by atoms with van der Waals surface area (Å²) in [4.78, 5) is 11.5. The number of rotatable bonds is 6. The normalized spacial score (nSPS) is 10.2. The van der Waals surface area contributed by atoms with Crippen LogP contribution in [0.3, 0.4) is 0 Å². The first-order valence-corrected chi connectivity index (χ1v) is 6.91. The first-order valence-electron chi connectivity index (χ1n) is 6.91. The maximum absolute atomic E-state index is 11.5. The molecule has 0 spiro atoms. The molecule has 0 fully saturated rings. The van der Waals surface area contributed by atoms with Crippen molar-refractivity contribution in [1.82, 2.24) is 0 Å². The Morgan fingerprint density at radius 1 is 1.05 bits per heavy atom. The maximum atomic E-state index is 11.5. The molecule has 110 valence electrons. The Bertz CT molecular complexity index is 620. The summed E-state index contributed by atoms with van der Waals surface area (Å²) in [6, 6.07) is 12.4. The number of hydrogen-bond acceptors (Lipinski definition) is 4. The SMILES string of the molecule is CCCOc1ccc(Oc2ccc(N)c(C(C)=O)c2)cc1. The van der Waals surface area contributed by atoms with Crippen LogP contribution >= 0.6 is 0 Å². The van der Waals surface area contributed by atoms with E-state index in [9.17, 15) is 4.79 Å². The van der Waals surface area contributed by atoms with Gasteiger partial charge in [-0.2, -0.15) is 0 Å². The van der Waals surface area contributed by atoms with Gasteiger partial charge in [0.15, 0.2) is 5.78 Å². The van der Waals surface area contributed by atoms with Gasteiger partial charge in [0, 0.05) is 11.3 Å². The maximum Gasteiger partial charge on any atom is 0.162 e. The standard InChI is InChI=1S/C17H19NO3/c1-3-10-20-13-4-6-14(7-5-13)21-15-8-9-17(18)16(11-15)12(2)19/h4-9,11H,3,10,18H2,1-2H3. The molecular formula is C17H19NO3. The third-order valence-corrected chi connectivity index (χ3v) is 2.94. The molecule has 2 aromatic carbocycles. The summed E-state index contributed by atoms with van der Waals surface area (Å²) in [6.07, 6.45) is 0.970. The number of nitrogens with two attached hydrogens (primary N) is 1. The average Bonchev–Trinajstić information content (AvgIpc) is 2.48. The number of ketones is 1. The molecule has 21 heavy (non-hydrogen) atoms. The Morgan fingerprint density at radius 3 is 2.29 bits per heavy atom. The lowest BCUT2D eigenvalue weighted by atomic mass is 10.1. The third-order valence-electron chi connectivity index (χ3n) is 2.94. The predicted octanol–water partition coefficient (Wildman–Crippen LogP) is 4.05. The van der Waals surface area contributed by atoms with Crippen LogP contribution in [0.1, 0.15) is 30.6 Å². The molecule has 4 heteroatoms. The summed E-state index contributed by atoms with van der Waals surface area (Å²) >= 11 is 0. The van der Waals surface area contributed by atoms with E-state index in [0.717, 1.165) is 12.2 Å². The minimum Gasteiger partial charge on any atom is -0.494 e. The molecule has 0 radical (unpaired) electrons. The van der Waals surface area contributed by atoms with E-state index in [2.05, 4.69) is 6.92 Å². The van der Waals surface area contributed by atoms with Crippen LogP contribution in [0.4, 0.5) is 5.69 Å². The third kappa shape index (κ3) is 3.99. The number of carbonyl (C=O) groups is 1. The highest BCUT2D eigenvalue weighted by Gasteiger charge is 2.07. The fraction of sp³-hybridized carbons (Fsp3) is 0.235. The Balaban J connectivity index is 2.11. The zero-order valence-electron chi connectivity index (χ0n) is 12.3. The Hall–Kier alpha value is -2.49. The van der Waals surface area contributed by atoms with E-state index < -0.39 is 0 Å². The van der Waals surface area contributed by atoms with Gasteiger partial charge in [0.1, 0.15) is 17.2 Å². The number of benzene rings is 2. The van der Waals surface area contributed by atoms with Gasteiger partial charge < -0.3 is 15.2 Å². The number of carbonyl (C=O) groups excluding carboxylic acids is 1. The van der Waals surface area contributed by atoms with Gasteiger partial charge in [-0.25, -0.2) is 0 Å². The van der Waals surface area contributed by atoms with Crippen LogP contribution in [0.15, 0.2) is 42.5 Å². The van der Waals surface area contributed by atoms with Crippen molar-refractivity contribution in [3.8, 4) is 17.2 Å². The van der Waals surface area contributed by atoms with Crippen molar-refractivity contribution >= 4 is 11.5 Å². The molecule has 4 nitrogen and oxygen atoms in total. The molecule has 0 aliphatic rings. The molecule has 2 rings (SSSR count). The highest BCUT2D eigenvalue weighted by Crippen LogP contribution is 2.27. The Labute approximate surface area is 124 Å². The van der Waals surface area contributed by atoms with E-state index >= 15 is 0 Å². The van der Waals surface area contributed by atoms with Crippen LogP contribution in [0.25, 0.3) is 0 Å². The van der Waals surface area contributed by atoms with Crippen LogP contribution in [0.5, 0.6) is 17.2 Å². The summed E-state index contributed by atoms with van der Waals surface area (Å²) in [5, 5.41) is 0. The number of Topliss-reactive ketones (excluding diaryl/α,β-unsaturated/α-hetero) is 1. The van der Waals surface area contributed by atoms with E-state index in [1.54, 1.807) is 18.2 Å². The van der Waals surface area contributed by atoms with Gasteiger partial charge in [0.25, 0.3) is 0 Å². The van der Waals surface area contributed by atoms with Crippen molar-refractivity contribution < 1.29 is 14.3 Å². The van der Waals surface area contributed by atoms with Gasteiger partial charge in [-0.15, -0.1) is 0 Å². The second kappa shape index (κ2) is 6.79. The first kappa shape index (κ1) is 14.9. The van der Waals surface area contributed by atoms with Crippen molar-refractivity contribution in [2.45, 2.75) is 20.3 Å². The van der Waals surface area contributed by atoms with Gasteiger partial charge >= 0.3 is 0 Å². The van der Waals surface area contributed by atoms with Crippen molar-refractivity contribution in [3.63, 3.8) is 0 Å². The lowest BCUT2D eigenvalue weighted by Crippen LogP contribution is -1.99. The van der Waals surface area contributed by atoms with Crippen molar-refractivity contribution in [1.29, 1.82) is 0 Å². The molecule has 0 unspecified atom stereocenters. The quantitative estimate of drug-likeness (QED) is 0.642. The Morgan fingerprint density at radius 2 is 1.67 bits per heavy atom. The van der Waals surface area contributed by atoms with E-state index in [4.69, 9.17) is 15.2 Å². The molecule has 0 saturated heterocycles. The second-order valence-electron chi connectivity index (χ2n) is 4.73. The van der Waals surface area contributed by atoms with Gasteiger partial charge in [-0.1, -0.05) is 6.92 Å². The highest BCUT2D eigenvalue weighted by molar-refractivity contribution is 5.99. The molecule has 0 bridgehead atoms. The van der Waals surface area contributed by atoms with Crippen LogP contribution in [-0.4, -0.2) is 12.4 Å². The fourth-order valence-electron chi connectivity index (χ4n) is 1.86. The summed E-state index contributed by atoms with van der Waals surface area (Å²) in [5.74, 6) is 1.99. The number of ether oxygens (including phenoxy) is 2. The smallest absolute Gasteiger partial charge is 0.162 e. The second-order valence-corrected chi connectivity index (χ2v) is 4.73. The Kier molecular flexibility index (Phi) is 4.82. The van der Waals surface area contributed by atoms with Crippen LogP contribution < -0.4 is 15.2 Å². The number of hydrogen-bond donors (Lipinski definition) is 1. The van der Waals surface area contributed by atoms with E-state index in [1.165, 1.54) is 6.92 Å². The zero-order chi connectivity index (χ0) is 15.2. The van der Waals surface area contributed by atoms with Crippen LogP contribution in [-0.2, 0) is 0 Å². The first-order chi connectivity index (χ1) is 10.1. The number of nitrogen functional groups attached to an aromatic ring is 1. The molecule has 0 heterocycles. The number of anilines is 1. The van der Waals surface area contributed by atoms with Crippen molar-refractivity contribution in [3.05, 3.63) is 48.0 Å². The van der Waals surface area contributed by atoms with E-state index in [1.807, 2.05) is 24.3 Å². The van der Waals surface area contributed by atoms with Crippen molar-refractivity contribution in [2.24, 2.45) is 0 Å². The largest absolute Gasteiger partial charge is 0.494 e. The lowest BCUT2D eigenvalue weighted by Gasteiger charge is -2.09. The molecule has 0 aliphatic carbocycles. The monoisotopic (exact) mass is 285 g/mol. The summed E-state index contributed by atoms with van der Waals surface area (Å²) in [5.41, 5.74) is 6.68. The van der Waals surface area contributed by atoms with E-state index in [-0.39, 0.29) is 5.78 Å². The van der Waals surface area contributed by atoms with Crippen molar-refractivity contribution in [2.75, 3.05) is 12.3 Å². The minimum atomic E-state index is -0.0822. The molecular weight excluding hydrogens is 266 g/mol. The van der Waals surface area contributed by atoms with Crippen LogP contribution in [0.2, 0.25) is 0 Å². The topological polar surface area (TPSA) is 61.6 Å². The molecule has 0 aliphatic heterocycles.